The van der Waals surface area contributed by atoms with E-state index in [1.807, 2.05) is 18.3 Å². The number of aromatic nitrogens is 2. The van der Waals surface area contributed by atoms with Crippen LogP contribution in [-0.4, -0.2) is 41.9 Å². The molecule has 1 amide bonds. The van der Waals surface area contributed by atoms with Gasteiger partial charge in [0.15, 0.2) is 0 Å². The molecule has 1 aliphatic rings. The van der Waals surface area contributed by atoms with Crippen molar-refractivity contribution in [2.24, 2.45) is 0 Å². The molecular weight excluding hydrogens is 320 g/mol. The quantitative estimate of drug-likeness (QED) is 0.794. The maximum atomic E-state index is 13.0. The van der Waals surface area contributed by atoms with E-state index in [1.54, 1.807) is 29.1 Å². The molecule has 0 spiro atoms. The maximum Gasteiger partial charge on any atom is 0.337 e. The van der Waals surface area contributed by atoms with Gasteiger partial charge in [0, 0.05) is 18.9 Å². The van der Waals surface area contributed by atoms with E-state index in [-0.39, 0.29) is 11.9 Å². The van der Waals surface area contributed by atoms with Crippen molar-refractivity contribution in [1.82, 2.24) is 20.4 Å². The summed E-state index contributed by atoms with van der Waals surface area (Å²) < 4.78 is 6.49. The summed E-state index contributed by atoms with van der Waals surface area (Å²) in [6.07, 6.45) is 4.89. The normalized spacial score (nSPS) is 16.2. The van der Waals surface area contributed by atoms with E-state index < -0.39 is 5.54 Å². The van der Waals surface area contributed by atoms with Gasteiger partial charge in [0.25, 0.3) is 0 Å². The molecule has 1 aromatic heterocycles. The Labute approximate surface area is 146 Å². The Kier molecular flexibility index (Phi) is 5.14. The number of hydrogen-bond acceptors (Lipinski definition) is 5. The van der Waals surface area contributed by atoms with Crippen LogP contribution in [-0.2, 0) is 21.6 Å². The van der Waals surface area contributed by atoms with Crippen LogP contribution in [0.25, 0.3) is 0 Å². The molecule has 1 aliphatic heterocycles. The minimum Gasteiger partial charge on any atom is -0.465 e. The topological polar surface area (TPSA) is 85.2 Å². The summed E-state index contributed by atoms with van der Waals surface area (Å²) in [4.78, 5) is 24.6. The average Bonchev–Trinajstić information content (AvgIpc) is 3.21. The van der Waals surface area contributed by atoms with Gasteiger partial charge in [-0.1, -0.05) is 12.1 Å². The molecule has 2 aromatic rings. The number of piperidine rings is 1. The van der Waals surface area contributed by atoms with Crippen LogP contribution in [0.3, 0.4) is 0 Å². The van der Waals surface area contributed by atoms with Crippen molar-refractivity contribution in [1.29, 1.82) is 0 Å². The summed E-state index contributed by atoms with van der Waals surface area (Å²) >= 11 is 0. The standard InChI is InChI=1S/C18H22N4O3/c1-25-16(23)15-5-2-4-14(12-15)13-20-17(24)18(6-9-19-10-7-18)22-11-3-8-21-22/h2-5,8,11-12,19H,6-7,9-10,13H2,1H3,(H,20,24). The molecule has 2 heterocycles. The van der Waals surface area contributed by atoms with Crippen molar-refractivity contribution >= 4 is 11.9 Å². The zero-order valence-electron chi connectivity index (χ0n) is 14.2. The number of rotatable bonds is 5. The molecule has 3 rings (SSSR count). The molecule has 1 saturated heterocycles. The average molecular weight is 342 g/mol. The summed E-state index contributed by atoms with van der Waals surface area (Å²) in [6.45, 7) is 1.89. The molecule has 0 unspecified atom stereocenters. The van der Waals surface area contributed by atoms with Gasteiger partial charge < -0.3 is 15.4 Å². The Balaban J connectivity index is 1.73. The second-order valence-electron chi connectivity index (χ2n) is 6.11. The van der Waals surface area contributed by atoms with E-state index in [9.17, 15) is 9.59 Å². The van der Waals surface area contributed by atoms with Crippen molar-refractivity contribution in [3.63, 3.8) is 0 Å². The molecular formula is C18H22N4O3. The first-order chi connectivity index (χ1) is 12.2. The van der Waals surface area contributed by atoms with Gasteiger partial charge in [0.1, 0.15) is 5.54 Å². The van der Waals surface area contributed by atoms with E-state index in [1.165, 1.54) is 7.11 Å². The third-order valence-electron chi connectivity index (χ3n) is 4.60. The molecule has 0 radical (unpaired) electrons. The Bertz CT molecular complexity index is 737. The van der Waals surface area contributed by atoms with Crippen LogP contribution in [0.2, 0.25) is 0 Å². The molecule has 1 aromatic carbocycles. The molecule has 0 atom stereocenters. The molecule has 132 valence electrons. The van der Waals surface area contributed by atoms with E-state index in [0.29, 0.717) is 24.9 Å². The first kappa shape index (κ1) is 17.2. The predicted molar refractivity (Wildman–Crippen MR) is 91.9 cm³/mol. The molecule has 2 N–H and O–H groups in total. The van der Waals surface area contributed by atoms with Gasteiger partial charge in [0.05, 0.1) is 12.7 Å². The molecule has 0 saturated carbocycles. The van der Waals surface area contributed by atoms with Crippen LogP contribution < -0.4 is 10.6 Å². The molecule has 7 heteroatoms. The summed E-state index contributed by atoms with van der Waals surface area (Å²) in [5, 5.41) is 10.6. The van der Waals surface area contributed by atoms with E-state index in [2.05, 4.69) is 15.7 Å². The van der Waals surface area contributed by atoms with Gasteiger partial charge in [-0.15, -0.1) is 0 Å². The van der Waals surface area contributed by atoms with Crippen LogP contribution in [0.5, 0.6) is 0 Å². The monoisotopic (exact) mass is 342 g/mol. The predicted octanol–water partition coefficient (Wildman–Crippen LogP) is 1.06. The summed E-state index contributed by atoms with van der Waals surface area (Å²) in [5.41, 5.74) is 0.646. The van der Waals surface area contributed by atoms with Gasteiger partial charge in [-0.05, 0) is 49.7 Å². The number of hydrogen-bond donors (Lipinski definition) is 2. The highest BCUT2D eigenvalue weighted by Gasteiger charge is 2.41. The number of esters is 1. The number of carbonyl (C=O) groups is 2. The highest BCUT2D eigenvalue weighted by molar-refractivity contribution is 5.89. The van der Waals surface area contributed by atoms with E-state index in [0.717, 1.165) is 18.7 Å². The zero-order valence-corrected chi connectivity index (χ0v) is 14.2. The van der Waals surface area contributed by atoms with E-state index in [4.69, 9.17) is 4.74 Å². The second kappa shape index (κ2) is 7.48. The molecule has 0 bridgehead atoms. The third kappa shape index (κ3) is 3.56. The molecule has 1 fully saturated rings. The first-order valence-electron chi connectivity index (χ1n) is 8.32. The minimum atomic E-state index is -0.672. The van der Waals surface area contributed by atoms with Gasteiger partial charge in [0.2, 0.25) is 5.91 Å². The number of nitrogens with zero attached hydrogens (tertiary/aromatic N) is 2. The lowest BCUT2D eigenvalue weighted by atomic mass is 9.87. The van der Waals surface area contributed by atoms with Crippen LogP contribution in [0.1, 0.15) is 28.8 Å². The number of ether oxygens (including phenoxy) is 1. The number of nitrogens with one attached hydrogen (secondary N) is 2. The lowest BCUT2D eigenvalue weighted by Crippen LogP contribution is -2.54. The van der Waals surface area contributed by atoms with Crippen LogP contribution in [0.15, 0.2) is 42.7 Å². The van der Waals surface area contributed by atoms with Crippen LogP contribution in [0.4, 0.5) is 0 Å². The van der Waals surface area contributed by atoms with Gasteiger partial charge >= 0.3 is 5.97 Å². The smallest absolute Gasteiger partial charge is 0.337 e. The molecule has 0 aliphatic carbocycles. The third-order valence-corrected chi connectivity index (χ3v) is 4.60. The van der Waals surface area contributed by atoms with Crippen LogP contribution >= 0.6 is 0 Å². The molecule has 25 heavy (non-hydrogen) atoms. The Morgan fingerprint density at radius 2 is 2.12 bits per heavy atom. The lowest BCUT2D eigenvalue weighted by molar-refractivity contribution is -0.132. The van der Waals surface area contributed by atoms with Crippen LogP contribution in [0, 0.1) is 0 Å². The number of benzene rings is 1. The Hall–Kier alpha value is -2.67. The lowest BCUT2D eigenvalue weighted by Gasteiger charge is -2.36. The van der Waals surface area contributed by atoms with Crippen molar-refractivity contribution in [2.75, 3.05) is 20.2 Å². The number of amides is 1. The van der Waals surface area contributed by atoms with Crippen molar-refractivity contribution in [3.8, 4) is 0 Å². The number of carbonyl (C=O) groups excluding carboxylic acids is 2. The fourth-order valence-corrected chi connectivity index (χ4v) is 3.20. The highest BCUT2D eigenvalue weighted by atomic mass is 16.5. The largest absolute Gasteiger partial charge is 0.465 e. The second-order valence-corrected chi connectivity index (χ2v) is 6.11. The van der Waals surface area contributed by atoms with Crippen molar-refractivity contribution < 1.29 is 14.3 Å². The number of methoxy groups -OCH3 is 1. The zero-order chi connectivity index (χ0) is 17.7. The Morgan fingerprint density at radius 3 is 2.80 bits per heavy atom. The maximum absolute atomic E-state index is 13.0. The fraction of sp³-hybridized carbons (Fsp3) is 0.389. The van der Waals surface area contributed by atoms with E-state index >= 15 is 0 Å². The van der Waals surface area contributed by atoms with Gasteiger partial charge in [-0.25, -0.2) is 4.79 Å². The Morgan fingerprint density at radius 1 is 1.32 bits per heavy atom. The SMILES string of the molecule is COC(=O)c1cccc(CNC(=O)C2(n3cccn3)CCNCC2)c1. The van der Waals surface area contributed by atoms with Gasteiger partial charge in [-0.3, -0.25) is 9.48 Å². The van der Waals surface area contributed by atoms with Crippen molar-refractivity contribution in [3.05, 3.63) is 53.9 Å². The first-order valence-corrected chi connectivity index (χ1v) is 8.32. The summed E-state index contributed by atoms with van der Waals surface area (Å²) in [7, 11) is 1.35. The molecule has 7 nitrogen and oxygen atoms in total. The van der Waals surface area contributed by atoms with Gasteiger partial charge in [-0.2, -0.15) is 5.10 Å². The highest BCUT2D eigenvalue weighted by Crippen LogP contribution is 2.27. The summed E-state index contributed by atoms with van der Waals surface area (Å²) in [6, 6.07) is 8.90. The van der Waals surface area contributed by atoms with Crippen molar-refractivity contribution in [2.45, 2.75) is 24.9 Å². The fourth-order valence-electron chi connectivity index (χ4n) is 3.20. The minimum absolute atomic E-state index is 0.0545. The summed E-state index contributed by atoms with van der Waals surface area (Å²) in [5.74, 6) is -0.444.